The van der Waals surface area contributed by atoms with Crippen LogP contribution in [0.3, 0.4) is 0 Å². The van der Waals surface area contributed by atoms with E-state index in [-0.39, 0.29) is 22.7 Å². The van der Waals surface area contributed by atoms with Crippen molar-refractivity contribution in [2.45, 2.75) is 19.5 Å². The fraction of sp³-hybridized carbons (Fsp3) is 0.160. The second kappa shape index (κ2) is 9.42. The predicted octanol–water partition coefficient (Wildman–Crippen LogP) is 4.89. The van der Waals surface area contributed by atoms with Crippen LogP contribution in [-0.2, 0) is 16.1 Å². The van der Waals surface area contributed by atoms with Crippen LogP contribution in [0.4, 0.5) is 4.39 Å². The highest BCUT2D eigenvalue weighted by atomic mass is 35.5. The van der Waals surface area contributed by atoms with Crippen LogP contribution in [0.15, 0.2) is 72.6 Å². The molecule has 0 bridgehead atoms. The molecule has 3 aromatic rings. The number of likely N-dealkylation sites (tertiary alicyclic amines) is 1. The van der Waals surface area contributed by atoms with Crippen molar-refractivity contribution in [1.29, 1.82) is 0 Å². The normalized spacial score (nSPS) is 17.4. The molecule has 1 amide bonds. The van der Waals surface area contributed by atoms with Crippen molar-refractivity contribution in [3.63, 3.8) is 0 Å². The van der Waals surface area contributed by atoms with Gasteiger partial charge >= 0.3 is 0 Å². The number of hydrogen-bond donors (Lipinski definition) is 1. The number of halogens is 2. The largest absolute Gasteiger partial charge is 0.507 e. The lowest BCUT2D eigenvalue weighted by molar-refractivity contribution is -0.140. The summed E-state index contributed by atoms with van der Waals surface area (Å²) in [5.41, 5.74) is 1.26. The summed E-state index contributed by atoms with van der Waals surface area (Å²) in [6.07, 6.45) is 3.16. The number of ether oxygens (including phenoxy) is 1. The van der Waals surface area contributed by atoms with Crippen molar-refractivity contribution in [1.82, 2.24) is 9.88 Å². The molecule has 1 aliphatic rings. The number of aliphatic hydroxyl groups is 1. The average Bonchev–Trinajstić information content (AvgIpc) is 3.06. The summed E-state index contributed by atoms with van der Waals surface area (Å²) in [5.74, 6) is -2.06. The van der Waals surface area contributed by atoms with Gasteiger partial charge in [0.25, 0.3) is 11.7 Å². The third kappa shape index (κ3) is 4.45. The van der Waals surface area contributed by atoms with E-state index >= 15 is 0 Å². The minimum atomic E-state index is -0.939. The van der Waals surface area contributed by atoms with Crippen molar-refractivity contribution >= 4 is 29.1 Å². The molecule has 4 rings (SSSR count). The Labute approximate surface area is 194 Å². The van der Waals surface area contributed by atoms with Crippen molar-refractivity contribution < 1.29 is 23.8 Å². The Morgan fingerprint density at radius 1 is 1.12 bits per heavy atom. The lowest BCUT2D eigenvalue weighted by atomic mass is 9.95. The number of hydrogen-bond acceptors (Lipinski definition) is 5. The molecule has 0 aliphatic carbocycles. The van der Waals surface area contributed by atoms with Gasteiger partial charge in [0.2, 0.25) is 0 Å². The molecule has 2 heterocycles. The van der Waals surface area contributed by atoms with Gasteiger partial charge in [-0.1, -0.05) is 23.7 Å². The lowest BCUT2D eigenvalue weighted by Gasteiger charge is -2.25. The number of nitrogens with zero attached hydrogens (tertiary/aromatic N) is 2. The molecular formula is C25H20ClFN2O4. The predicted molar refractivity (Wildman–Crippen MR) is 121 cm³/mol. The van der Waals surface area contributed by atoms with E-state index in [9.17, 15) is 19.1 Å². The maximum atomic E-state index is 13.6. The first kappa shape index (κ1) is 22.5. The van der Waals surface area contributed by atoms with E-state index in [1.165, 1.54) is 35.2 Å². The molecule has 1 fully saturated rings. The summed E-state index contributed by atoms with van der Waals surface area (Å²) in [7, 11) is 0. The van der Waals surface area contributed by atoms with Crippen LogP contribution in [0.25, 0.3) is 5.76 Å². The van der Waals surface area contributed by atoms with Crippen molar-refractivity contribution in [3.05, 3.63) is 100 Å². The summed E-state index contributed by atoms with van der Waals surface area (Å²) in [6, 6.07) is 12.7. The molecule has 1 saturated heterocycles. The molecule has 1 aliphatic heterocycles. The molecule has 0 radical (unpaired) electrons. The number of benzene rings is 2. The second-order valence-corrected chi connectivity index (χ2v) is 7.82. The van der Waals surface area contributed by atoms with E-state index in [2.05, 4.69) is 4.98 Å². The van der Waals surface area contributed by atoms with Crippen LogP contribution in [-0.4, -0.2) is 33.3 Å². The quantitative estimate of drug-likeness (QED) is 0.318. The number of carbonyl (C=O) groups is 2. The highest BCUT2D eigenvalue weighted by molar-refractivity contribution is 6.47. The van der Waals surface area contributed by atoms with E-state index in [1.54, 1.807) is 36.7 Å². The second-order valence-electron chi connectivity index (χ2n) is 7.41. The average molecular weight is 467 g/mol. The van der Waals surface area contributed by atoms with Gasteiger partial charge in [0.15, 0.2) is 0 Å². The van der Waals surface area contributed by atoms with Crippen LogP contribution in [0.2, 0.25) is 5.02 Å². The van der Waals surface area contributed by atoms with Gasteiger partial charge < -0.3 is 14.7 Å². The number of Topliss-reactive ketones (excluding diaryl/α,β-unsaturated/α-hetero) is 1. The fourth-order valence-corrected chi connectivity index (χ4v) is 4.01. The molecule has 2 aromatic carbocycles. The topological polar surface area (TPSA) is 79.7 Å². The third-order valence-electron chi connectivity index (χ3n) is 5.33. The molecule has 1 N–H and O–H groups in total. The fourth-order valence-electron chi connectivity index (χ4n) is 3.81. The smallest absolute Gasteiger partial charge is 0.295 e. The molecule has 1 aromatic heterocycles. The summed E-state index contributed by atoms with van der Waals surface area (Å²) in [6.45, 7) is 2.31. The number of pyridine rings is 1. The molecule has 0 spiro atoms. The van der Waals surface area contributed by atoms with Gasteiger partial charge in [-0.05, 0) is 60.5 Å². The molecule has 168 valence electrons. The molecule has 1 unspecified atom stereocenters. The highest BCUT2D eigenvalue weighted by Crippen LogP contribution is 2.41. The zero-order valence-electron chi connectivity index (χ0n) is 17.7. The van der Waals surface area contributed by atoms with Gasteiger partial charge in [0.05, 0.1) is 23.2 Å². The van der Waals surface area contributed by atoms with Crippen molar-refractivity contribution in [2.24, 2.45) is 0 Å². The summed E-state index contributed by atoms with van der Waals surface area (Å²) >= 11 is 6.32. The molecule has 33 heavy (non-hydrogen) atoms. The van der Waals surface area contributed by atoms with Crippen LogP contribution in [0.1, 0.15) is 29.7 Å². The zero-order chi connectivity index (χ0) is 23.5. The molecule has 1 atom stereocenters. The first-order valence-corrected chi connectivity index (χ1v) is 10.6. The number of ketones is 1. The van der Waals surface area contributed by atoms with Crippen LogP contribution in [0, 0.1) is 5.82 Å². The van der Waals surface area contributed by atoms with Gasteiger partial charge in [0, 0.05) is 24.5 Å². The number of aliphatic hydroxyl groups excluding tert-OH is 1. The van der Waals surface area contributed by atoms with Gasteiger partial charge in [-0.25, -0.2) is 4.39 Å². The van der Waals surface area contributed by atoms with Crippen LogP contribution in [0.5, 0.6) is 5.75 Å². The number of carbonyl (C=O) groups excluding carboxylic acids is 2. The molecular weight excluding hydrogens is 447 g/mol. The molecule has 8 heteroatoms. The van der Waals surface area contributed by atoms with E-state index in [0.29, 0.717) is 17.9 Å². The Kier molecular flexibility index (Phi) is 6.42. The van der Waals surface area contributed by atoms with Gasteiger partial charge in [-0.3, -0.25) is 14.6 Å². The Hall–Kier alpha value is -3.71. The third-order valence-corrected chi connectivity index (χ3v) is 5.66. The molecule has 0 saturated carbocycles. The minimum absolute atomic E-state index is 0.0959. The standard InChI is InChI=1S/C25H20ClFN2O4/c1-2-33-18-7-8-20(26)19(13-18)23(30)21-22(16-3-5-17(27)6-4-16)29(25(32)24(21)31)14-15-9-11-28-12-10-15/h3-13,22,30H,2,14H2,1H3/b23-21+. The van der Waals surface area contributed by atoms with E-state index < -0.39 is 29.3 Å². The van der Waals surface area contributed by atoms with Gasteiger partial charge in [-0.2, -0.15) is 0 Å². The van der Waals surface area contributed by atoms with Gasteiger partial charge in [-0.15, -0.1) is 0 Å². The van der Waals surface area contributed by atoms with E-state index in [1.807, 2.05) is 6.92 Å². The van der Waals surface area contributed by atoms with E-state index in [0.717, 1.165) is 5.56 Å². The first-order chi connectivity index (χ1) is 15.9. The zero-order valence-corrected chi connectivity index (χ0v) is 18.4. The van der Waals surface area contributed by atoms with E-state index in [4.69, 9.17) is 16.3 Å². The highest BCUT2D eigenvalue weighted by Gasteiger charge is 2.46. The van der Waals surface area contributed by atoms with Crippen molar-refractivity contribution in [2.75, 3.05) is 6.61 Å². The number of aromatic nitrogens is 1. The molecule has 6 nitrogen and oxygen atoms in total. The Morgan fingerprint density at radius 3 is 2.48 bits per heavy atom. The summed E-state index contributed by atoms with van der Waals surface area (Å²) < 4.78 is 19.1. The SMILES string of the molecule is CCOc1ccc(Cl)c(/C(O)=C2\C(=O)C(=O)N(Cc3ccncc3)C2c2ccc(F)cc2)c1. The Morgan fingerprint density at radius 2 is 1.82 bits per heavy atom. The maximum Gasteiger partial charge on any atom is 0.295 e. The monoisotopic (exact) mass is 466 g/mol. The Bertz CT molecular complexity index is 1230. The number of rotatable bonds is 6. The van der Waals surface area contributed by atoms with Crippen LogP contribution < -0.4 is 4.74 Å². The first-order valence-electron chi connectivity index (χ1n) is 10.3. The van der Waals surface area contributed by atoms with Crippen molar-refractivity contribution in [3.8, 4) is 5.75 Å². The Balaban J connectivity index is 1.88. The lowest BCUT2D eigenvalue weighted by Crippen LogP contribution is -2.29. The van der Waals surface area contributed by atoms with Crippen LogP contribution >= 0.6 is 11.6 Å². The maximum absolute atomic E-state index is 13.6. The summed E-state index contributed by atoms with van der Waals surface area (Å²) in [5, 5.41) is 11.4. The van der Waals surface area contributed by atoms with Gasteiger partial charge in [0.1, 0.15) is 17.3 Å². The summed E-state index contributed by atoms with van der Waals surface area (Å²) in [4.78, 5) is 31.5. The number of amides is 1. The minimum Gasteiger partial charge on any atom is -0.507 e.